The molecule has 0 saturated carbocycles. The van der Waals surface area contributed by atoms with Crippen molar-refractivity contribution in [2.75, 3.05) is 0 Å². The molecule has 0 fully saturated rings. The molecule has 0 radical (unpaired) electrons. The summed E-state index contributed by atoms with van der Waals surface area (Å²) in [5.74, 6) is 0. The maximum atomic E-state index is 4.60. The second kappa shape index (κ2) is 6.33. The lowest BCUT2D eigenvalue weighted by atomic mass is 9.96. The number of nitrogens with zero attached hydrogens (tertiary/aromatic N) is 1. The molecule has 0 unspecified atom stereocenters. The molecule has 1 aromatic rings. The Labute approximate surface area is 117 Å². The van der Waals surface area contributed by atoms with Crippen molar-refractivity contribution < 1.29 is 0 Å². The SMILES string of the molecule is C=C(C)/N=C(\C(C)=C(\C)C(=C)C)c1ccc(C)cc1. The van der Waals surface area contributed by atoms with E-state index in [2.05, 4.69) is 63.2 Å². The third kappa shape index (κ3) is 4.06. The van der Waals surface area contributed by atoms with Gasteiger partial charge in [0.1, 0.15) is 0 Å². The van der Waals surface area contributed by atoms with Gasteiger partial charge in [-0.15, -0.1) is 0 Å². The molecule has 1 aromatic carbocycles. The molecule has 0 aliphatic heterocycles. The standard InChI is InChI=1S/C18H23N/c1-12(2)15(6)16(7)18(19-13(3)4)17-10-8-14(5)9-11-17/h8-11H,1,3H2,2,4-7H3/b16-15-,19-18+. The van der Waals surface area contributed by atoms with Crippen LogP contribution in [0.4, 0.5) is 0 Å². The normalized spacial score (nSPS) is 13.0. The van der Waals surface area contributed by atoms with Crippen LogP contribution in [0.1, 0.15) is 38.8 Å². The van der Waals surface area contributed by atoms with Crippen LogP contribution in [0.5, 0.6) is 0 Å². The van der Waals surface area contributed by atoms with Crippen LogP contribution < -0.4 is 0 Å². The van der Waals surface area contributed by atoms with Gasteiger partial charge in [-0.05, 0) is 45.8 Å². The second-order valence-electron chi connectivity index (χ2n) is 5.09. The van der Waals surface area contributed by atoms with Crippen molar-refractivity contribution in [3.05, 3.63) is 71.0 Å². The van der Waals surface area contributed by atoms with Gasteiger partial charge in [-0.2, -0.15) is 0 Å². The van der Waals surface area contributed by atoms with E-state index in [0.29, 0.717) is 0 Å². The molecule has 1 nitrogen and oxygen atoms in total. The average molecular weight is 253 g/mol. The predicted octanol–water partition coefficient (Wildman–Crippen LogP) is 5.23. The molecule has 0 N–H and O–H groups in total. The number of hydrogen-bond acceptors (Lipinski definition) is 1. The molecule has 0 aromatic heterocycles. The number of hydrogen-bond donors (Lipinski definition) is 0. The summed E-state index contributed by atoms with van der Waals surface area (Å²) >= 11 is 0. The van der Waals surface area contributed by atoms with Crippen molar-refractivity contribution in [2.45, 2.75) is 34.6 Å². The van der Waals surface area contributed by atoms with Crippen molar-refractivity contribution in [1.29, 1.82) is 0 Å². The van der Waals surface area contributed by atoms with E-state index in [1.54, 1.807) is 0 Å². The van der Waals surface area contributed by atoms with Gasteiger partial charge < -0.3 is 0 Å². The molecule has 0 spiro atoms. The summed E-state index contributed by atoms with van der Waals surface area (Å²) in [5.41, 5.74) is 7.56. The van der Waals surface area contributed by atoms with E-state index >= 15 is 0 Å². The highest BCUT2D eigenvalue weighted by molar-refractivity contribution is 6.13. The summed E-state index contributed by atoms with van der Waals surface area (Å²) in [7, 11) is 0. The lowest BCUT2D eigenvalue weighted by molar-refractivity contribution is 1.26. The van der Waals surface area contributed by atoms with Gasteiger partial charge in [0.2, 0.25) is 0 Å². The van der Waals surface area contributed by atoms with Crippen LogP contribution in [0.2, 0.25) is 0 Å². The molecule has 1 heteroatoms. The monoisotopic (exact) mass is 253 g/mol. The first-order chi connectivity index (χ1) is 8.82. The van der Waals surface area contributed by atoms with E-state index < -0.39 is 0 Å². The summed E-state index contributed by atoms with van der Waals surface area (Å²) in [6.45, 7) is 18.1. The minimum Gasteiger partial charge on any atom is -0.253 e. The average Bonchev–Trinajstić information content (AvgIpc) is 2.35. The van der Waals surface area contributed by atoms with Crippen LogP contribution >= 0.6 is 0 Å². The molecule has 19 heavy (non-hydrogen) atoms. The van der Waals surface area contributed by atoms with E-state index in [4.69, 9.17) is 0 Å². The Morgan fingerprint density at radius 2 is 1.42 bits per heavy atom. The van der Waals surface area contributed by atoms with E-state index in [0.717, 1.165) is 28.1 Å². The van der Waals surface area contributed by atoms with Crippen molar-refractivity contribution in [2.24, 2.45) is 4.99 Å². The van der Waals surface area contributed by atoms with E-state index in [1.165, 1.54) is 11.1 Å². The molecular formula is C18H23N. The van der Waals surface area contributed by atoms with Crippen molar-refractivity contribution in [1.82, 2.24) is 0 Å². The lowest BCUT2D eigenvalue weighted by Crippen LogP contribution is -2.06. The molecule has 0 atom stereocenters. The first-order valence-corrected chi connectivity index (χ1v) is 6.48. The number of aryl methyl sites for hydroxylation is 1. The quantitative estimate of drug-likeness (QED) is 0.514. The Hall–Kier alpha value is -1.89. The van der Waals surface area contributed by atoms with E-state index in [9.17, 15) is 0 Å². The molecule has 0 heterocycles. The minimum absolute atomic E-state index is 0.810. The maximum absolute atomic E-state index is 4.60. The number of allylic oxidation sites excluding steroid dienone is 4. The Morgan fingerprint density at radius 3 is 1.84 bits per heavy atom. The van der Waals surface area contributed by atoms with Gasteiger partial charge in [0.15, 0.2) is 0 Å². The van der Waals surface area contributed by atoms with Crippen LogP contribution in [0.25, 0.3) is 0 Å². The molecule has 100 valence electrons. The van der Waals surface area contributed by atoms with E-state index in [-0.39, 0.29) is 0 Å². The topological polar surface area (TPSA) is 12.4 Å². The van der Waals surface area contributed by atoms with Gasteiger partial charge >= 0.3 is 0 Å². The van der Waals surface area contributed by atoms with Crippen LogP contribution in [-0.4, -0.2) is 5.71 Å². The summed E-state index contributed by atoms with van der Waals surface area (Å²) < 4.78 is 0. The molecular weight excluding hydrogens is 230 g/mol. The molecule has 0 aliphatic carbocycles. The molecule has 0 amide bonds. The van der Waals surface area contributed by atoms with E-state index in [1.807, 2.05) is 13.8 Å². The fourth-order valence-electron chi connectivity index (χ4n) is 1.76. The molecule has 0 bridgehead atoms. The number of rotatable bonds is 4. The minimum atomic E-state index is 0.810. The van der Waals surface area contributed by atoms with Crippen molar-refractivity contribution >= 4 is 5.71 Å². The Kier molecular flexibility index (Phi) is 5.05. The number of benzene rings is 1. The van der Waals surface area contributed by atoms with Crippen LogP contribution in [0.3, 0.4) is 0 Å². The van der Waals surface area contributed by atoms with Gasteiger partial charge in [-0.3, -0.25) is 4.99 Å². The molecule has 0 saturated heterocycles. The molecule has 0 aliphatic rings. The maximum Gasteiger partial charge on any atom is 0.0736 e. The predicted molar refractivity (Wildman–Crippen MR) is 85.7 cm³/mol. The molecule has 1 rings (SSSR count). The van der Waals surface area contributed by atoms with Gasteiger partial charge in [-0.1, -0.05) is 48.6 Å². The zero-order chi connectivity index (χ0) is 14.6. The Balaban J connectivity index is 3.40. The van der Waals surface area contributed by atoms with Gasteiger partial charge in [0.05, 0.1) is 5.71 Å². The highest BCUT2D eigenvalue weighted by Gasteiger charge is 2.09. The van der Waals surface area contributed by atoms with Crippen molar-refractivity contribution in [3.63, 3.8) is 0 Å². The van der Waals surface area contributed by atoms with Crippen LogP contribution in [-0.2, 0) is 0 Å². The summed E-state index contributed by atoms with van der Waals surface area (Å²) in [6, 6.07) is 8.41. The highest BCUT2D eigenvalue weighted by Crippen LogP contribution is 2.19. The first-order valence-electron chi connectivity index (χ1n) is 6.48. The van der Waals surface area contributed by atoms with Gasteiger partial charge in [-0.25, -0.2) is 0 Å². The fourth-order valence-corrected chi connectivity index (χ4v) is 1.76. The zero-order valence-electron chi connectivity index (χ0n) is 12.7. The third-order valence-electron chi connectivity index (χ3n) is 3.19. The summed E-state index contributed by atoms with van der Waals surface area (Å²) in [6.07, 6.45) is 0. The highest BCUT2D eigenvalue weighted by atomic mass is 14.7. The zero-order valence-corrected chi connectivity index (χ0v) is 12.7. The largest absolute Gasteiger partial charge is 0.253 e. The second-order valence-corrected chi connectivity index (χ2v) is 5.09. The lowest BCUT2D eigenvalue weighted by Gasteiger charge is -2.12. The fraction of sp³-hybridized carbons (Fsp3) is 0.278. The number of aliphatic imine (C=N–C) groups is 1. The summed E-state index contributed by atoms with van der Waals surface area (Å²) in [5, 5.41) is 0. The van der Waals surface area contributed by atoms with Gasteiger partial charge in [0, 0.05) is 11.3 Å². The third-order valence-corrected chi connectivity index (χ3v) is 3.19. The Morgan fingerprint density at radius 1 is 0.895 bits per heavy atom. The van der Waals surface area contributed by atoms with Gasteiger partial charge in [0.25, 0.3) is 0 Å². The smallest absolute Gasteiger partial charge is 0.0736 e. The van der Waals surface area contributed by atoms with Crippen LogP contribution in [0.15, 0.2) is 64.8 Å². The Bertz CT molecular complexity index is 554. The van der Waals surface area contributed by atoms with Crippen LogP contribution in [0, 0.1) is 6.92 Å². The summed E-state index contributed by atoms with van der Waals surface area (Å²) in [4.78, 5) is 4.60. The van der Waals surface area contributed by atoms with Crippen molar-refractivity contribution in [3.8, 4) is 0 Å². The first kappa shape index (κ1) is 15.2.